The van der Waals surface area contributed by atoms with Crippen LogP contribution in [0.5, 0.6) is 0 Å². The van der Waals surface area contributed by atoms with Crippen molar-refractivity contribution in [2.45, 2.75) is 19.3 Å². The third-order valence-corrected chi connectivity index (χ3v) is 3.72. The number of nitrogens with zero attached hydrogens (tertiary/aromatic N) is 1. The van der Waals surface area contributed by atoms with Gasteiger partial charge in [0, 0.05) is 17.8 Å². The molecule has 2 rings (SSSR count). The molecule has 96 valence electrons. The van der Waals surface area contributed by atoms with Crippen LogP contribution >= 0.6 is 11.3 Å². The summed E-state index contributed by atoms with van der Waals surface area (Å²) in [4.78, 5) is 4.48. The SMILES string of the molecule is CNCC(Cc1csc(C)n1)c1cccc(F)c1. The van der Waals surface area contributed by atoms with Gasteiger partial charge in [-0.2, -0.15) is 0 Å². The summed E-state index contributed by atoms with van der Waals surface area (Å²) in [5.41, 5.74) is 2.11. The van der Waals surface area contributed by atoms with Gasteiger partial charge in [0.2, 0.25) is 0 Å². The molecule has 1 atom stereocenters. The molecule has 1 N–H and O–H groups in total. The molecule has 0 spiro atoms. The highest BCUT2D eigenvalue weighted by atomic mass is 32.1. The molecule has 2 nitrogen and oxygen atoms in total. The Labute approximate surface area is 111 Å². The third-order valence-electron chi connectivity index (χ3n) is 2.89. The minimum Gasteiger partial charge on any atom is -0.319 e. The molecule has 2 aromatic rings. The van der Waals surface area contributed by atoms with E-state index in [1.54, 1.807) is 23.5 Å². The zero-order chi connectivity index (χ0) is 13.0. The van der Waals surface area contributed by atoms with E-state index >= 15 is 0 Å². The highest BCUT2D eigenvalue weighted by Crippen LogP contribution is 2.22. The molecule has 0 fully saturated rings. The first kappa shape index (κ1) is 13.2. The Hall–Kier alpha value is -1.26. The van der Waals surface area contributed by atoms with E-state index in [2.05, 4.69) is 15.7 Å². The summed E-state index contributed by atoms with van der Waals surface area (Å²) in [6.45, 7) is 2.82. The number of hydrogen-bond donors (Lipinski definition) is 1. The number of benzene rings is 1. The fourth-order valence-electron chi connectivity index (χ4n) is 2.07. The van der Waals surface area contributed by atoms with Crippen LogP contribution < -0.4 is 5.32 Å². The summed E-state index contributed by atoms with van der Waals surface area (Å²) >= 11 is 1.66. The van der Waals surface area contributed by atoms with Gasteiger partial charge in [0.15, 0.2) is 0 Å². The van der Waals surface area contributed by atoms with Crippen LogP contribution in [-0.4, -0.2) is 18.6 Å². The van der Waals surface area contributed by atoms with Crippen LogP contribution in [0, 0.1) is 12.7 Å². The molecular formula is C14H17FN2S. The minimum absolute atomic E-state index is 0.178. The lowest BCUT2D eigenvalue weighted by Gasteiger charge is -2.16. The number of aromatic nitrogens is 1. The summed E-state index contributed by atoms with van der Waals surface area (Å²) in [7, 11) is 1.92. The molecule has 18 heavy (non-hydrogen) atoms. The molecule has 0 aliphatic carbocycles. The topological polar surface area (TPSA) is 24.9 Å². The fraction of sp³-hybridized carbons (Fsp3) is 0.357. The lowest BCUT2D eigenvalue weighted by atomic mass is 9.94. The summed E-state index contributed by atoms with van der Waals surface area (Å²) in [6.07, 6.45) is 0.842. The zero-order valence-electron chi connectivity index (χ0n) is 10.6. The van der Waals surface area contributed by atoms with Crippen LogP contribution in [0.15, 0.2) is 29.6 Å². The predicted octanol–water partition coefficient (Wildman–Crippen LogP) is 3.14. The lowest BCUT2D eigenvalue weighted by Crippen LogP contribution is -2.19. The number of aryl methyl sites for hydroxylation is 1. The quantitative estimate of drug-likeness (QED) is 0.897. The summed E-state index contributed by atoms with van der Waals surface area (Å²) in [5, 5.41) is 6.32. The normalized spacial score (nSPS) is 12.6. The first-order valence-electron chi connectivity index (χ1n) is 6.00. The molecule has 4 heteroatoms. The molecule has 1 unspecified atom stereocenters. The second kappa shape index (κ2) is 6.07. The minimum atomic E-state index is -0.178. The Morgan fingerprint density at radius 1 is 1.44 bits per heavy atom. The van der Waals surface area contributed by atoms with E-state index in [1.807, 2.05) is 20.0 Å². The van der Waals surface area contributed by atoms with Crippen molar-refractivity contribution in [1.29, 1.82) is 0 Å². The molecule has 1 aromatic heterocycles. The van der Waals surface area contributed by atoms with Gasteiger partial charge in [-0.15, -0.1) is 11.3 Å². The van der Waals surface area contributed by atoms with Gasteiger partial charge in [0.05, 0.1) is 10.7 Å². The number of nitrogens with one attached hydrogen (secondary N) is 1. The average molecular weight is 264 g/mol. The Morgan fingerprint density at radius 2 is 2.28 bits per heavy atom. The van der Waals surface area contributed by atoms with Gasteiger partial charge in [-0.1, -0.05) is 12.1 Å². The van der Waals surface area contributed by atoms with Gasteiger partial charge in [-0.3, -0.25) is 0 Å². The summed E-state index contributed by atoms with van der Waals surface area (Å²) in [6, 6.07) is 6.83. The van der Waals surface area contributed by atoms with Crippen molar-refractivity contribution >= 4 is 11.3 Å². The largest absolute Gasteiger partial charge is 0.319 e. The van der Waals surface area contributed by atoms with Crippen LogP contribution in [0.4, 0.5) is 4.39 Å². The molecule has 0 saturated carbocycles. The first-order chi connectivity index (χ1) is 8.69. The van der Waals surface area contributed by atoms with Crippen LogP contribution in [0.25, 0.3) is 0 Å². The highest BCUT2D eigenvalue weighted by Gasteiger charge is 2.13. The van der Waals surface area contributed by atoms with E-state index in [4.69, 9.17) is 0 Å². The number of hydrogen-bond acceptors (Lipinski definition) is 3. The number of halogens is 1. The molecule has 0 radical (unpaired) electrons. The van der Waals surface area contributed by atoms with Crippen molar-refractivity contribution in [3.63, 3.8) is 0 Å². The maximum absolute atomic E-state index is 13.3. The van der Waals surface area contributed by atoms with Gasteiger partial charge < -0.3 is 5.32 Å². The van der Waals surface area contributed by atoms with Crippen molar-refractivity contribution in [3.8, 4) is 0 Å². The smallest absolute Gasteiger partial charge is 0.123 e. The lowest BCUT2D eigenvalue weighted by molar-refractivity contribution is 0.597. The molecule has 1 aromatic carbocycles. The van der Waals surface area contributed by atoms with Crippen LogP contribution in [0.1, 0.15) is 22.2 Å². The zero-order valence-corrected chi connectivity index (χ0v) is 11.4. The van der Waals surface area contributed by atoms with E-state index in [-0.39, 0.29) is 11.7 Å². The van der Waals surface area contributed by atoms with Crippen molar-refractivity contribution < 1.29 is 4.39 Å². The summed E-state index contributed by atoms with van der Waals surface area (Å²) < 4.78 is 13.3. The van der Waals surface area contributed by atoms with E-state index in [9.17, 15) is 4.39 Å². The second-order valence-corrected chi connectivity index (χ2v) is 5.43. The van der Waals surface area contributed by atoms with Crippen LogP contribution in [0.3, 0.4) is 0 Å². The fourth-order valence-corrected chi connectivity index (χ4v) is 2.69. The van der Waals surface area contributed by atoms with Gasteiger partial charge in [0.1, 0.15) is 5.82 Å². The van der Waals surface area contributed by atoms with E-state index in [0.29, 0.717) is 0 Å². The van der Waals surface area contributed by atoms with Crippen molar-refractivity contribution in [3.05, 3.63) is 51.7 Å². The van der Waals surface area contributed by atoms with Crippen molar-refractivity contribution in [2.24, 2.45) is 0 Å². The molecule has 0 saturated heterocycles. The molecule has 0 aliphatic heterocycles. The Morgan fingerprint density at radius 3 is 2.89 bits per heavy atom. The van der Waals surface area contributed by atoms with Crippen molar-refractivity contribution in [2.75, 3.05) is 13.6 Å². The average Bonchev–Trinajstić information content (AvgIpc) is 2.74. The van der Waals surface area contributed by atoms with E-state index in [1.165, 1.54) is 6.07 Å². The molecule has 0 amide bonds. The number of rotatable bonds is 5. The Kier molecular flexibility index (Phi) is 4.44. The maximum Gasteiger partial charge on any atom is 0.123 e. The molecular weight excluding hydrogens is 247 g/mol. The van der Waals surface area contributed by atoms with Gasteiger partial charge >= 0.3 is 0 Å². The molecule has 0 aliphatic rings. The second-order valence-electron chi connectivity index (χ2n) is 4.37. The van der Waals surface area contributed by atoms with E-state index < -0.39 is 0 Å². The van der Waals surface area contributed by atoms with E-state index in [0.717, 1.165) is 29.2 Å². The summed E-state index contributed by atoms with van der Waals surface area (Å²) in [5.74, 6) is 0.0789. The van der Waals surface area contributed by atoms with Crippen LogP contribution in [-0.2, 0) is 6.42 Å². The van der Waals surface area contributed by atoms with Gasteiger partial charge in [-0.05, 0) is 38.1 Å². The molecule has 0 bridgehead atoms. The predicted molar refractivity (Wildman–Crippen MR) is 73.6 cm³/mol. The Bertz CT molecular complexity index is 510. The van der Waals surface area contributed by atoms with Crippen molar-refractivity contribution in [1.82, 2.24) is 10.3 Å². The first-order valence-corrected chi connectivity index (χ1v) is 6.88. The molecule has 1 heterocycles. The Balaban J connectivity index is 2.17. The van der Waals surface area contributed by atoms with Crippen LogP contribution in [0.2, 0.25) is 0 Å². The number of likely N-dealkylation sites (N-methyl/N-ethyl adjacent to an activating group) is 1. The third kappa shape index (κ3) is 3.37. The van der Waals surface area contributed by atoms with Gasteiger partial charge in [-0.25, -0.2) is 9.37 Å². The monoisotopic (exact) mass is 264 g/mol. The van der Waals surface area contributed by atoms with Gasteiger partial charge in [0.25, 0.3) is 0 Å². The standard InChI is InChI=1S/C14H17FN2S/c1-10-17-14(9-18-10)7-12(8-16-2)11-4-3-5-13(15)6-11/h3-6,9,12,16H,7-8H2,1-2H3. The highest BCUT2D eigenvalue weighted by molar-refractivity contribution is 7.09. The number of thiazole rings is 1. The maximum atomic E-state index is 13.3.